The molecule has 4 heterocycles. The van der Waals surface area contributed by atoms with Crippen LogP contribution in [0.25, 0.3) is 21.2 Å². The van der Waals surface area contributed by atoms with Gasteiger partial charge >= 0.3 is 0 Å². The third kappa shape index (κ3) is 15.5. The number of amides is 3. The van der Waals surface area contributed by atoms with Crippen LogP contribution in [0.4, 0.5) is 11.5 Å². The molecule has 2 aromatic carbocycles. The summed E-state index contributed by atoms with van der Waals surface area (Å²) in [6, 6.07) is 15.6. The Balaban J connectivity index is 0.783. The Hall–Kier alpha value is -5.60. The summed E-state index contributed by atoms with van der Waals surface area (Å²) in [7, 11) is 0. The van der Waals surface area contributed by atoms with E-state index in [4.69, 9.17) is 28.4 Å². The summed E-state index contributed by atoms with van der Waals surface area (Å²) in [6.07, 6.45) is 4.60. The largest absolute Gasteiger partial charge is 0.491 e. The number of anilines is 2. The lowest BCUT2D eigenvalue weighted by Crippen LogP contribution is -2.58. The first-order valence-corrected chi connectivity index (χ1v) is 23.8. The van der Waals surface area contributed by atoms with Crippen LogP contribution >= 0.6 is 11.3 Å². The molecule has 18 heteroatoms. The molecule has 1 aliphatic heterocycles. The number of nitrogens with zero attached hydrogens (tertiary/aromatic N) is 4. The highest BCUT2D eigenvalue weighted by molar-refractivity contribution is 7.13. The van der Waals surface area contributed by atoms with Gasteiger partial charge in [0.1, 0.15) is 36.9 Å². The number of benzene rings is 2. The highest BCUT2D eigenvalue weighted by Gasteiger charge is 2.44. The number of carbonyl (C=O) groups excluding carboxylic acids is 3. The maximum Gasteiger partial charge on any atom is 0.246 e. The van der Waals surface area contributed by atoms with Crippen LogP contribution in [0.3, 0.4) is 0 Å². The van der Waals surface area contributed by atoms with Crippen LogP contribution in [0.15, 0.2) is 78.7 Å². The number of thiazole rings is 1. The molecule has 17 nitrogen and oxygen atoms in total. The van der Waals surface area contributed by atoms with Crippen LogP contribution < -0.4 is 20.7 Å². The third-order valence-corrected chi connectivity index (χ3v) is 12.2. The van der Waals surface area contributed by atoms with E-state index >= 15 is 0 Å². The third-order valence-electron chi connectivity index (χ3n) is 11.2. The molecule has 4 atom stereocenters. The molecule has 6 rings (SSSR count). The monoisotopic (exact) mass is 955 g/mol. The Bertz CT molecular complexity index is 2390. The van der Waals surface area contributed by atoms with Crippen molar-refractivity contribution < 1.29 is 47.9 Å². The number of aliphatic hydroxyl groups is 1. The number of aliphatic hydroxyl groups excluding tert-OH is 1. The maximum absolute atomic E-state index is 14.0. The first-order valence-electron chi connectivity index (χ1n) is 22.9. The number of aromatic nitrogens is 3. The number of ether oxygens (including phenoxy) is 6. The molecule has 0 unspecified atom stereocenters. The molecule has 1 fully saturated rings. The number of fused-ring (bicyclic) bond motifs is 1. The Morgan fingerprint density at radius 1 is 0.809 bits per heavy atom. The molecule has 0 aliphatic carbocycles. The van der Waals surface area contributed by atoms with E-state index in [1.165, 1.54) is 4.90 Å². The van der Waals surface area contributed by atoms with E-state index in [9.17, 15) is 19.5 Å². The molecular weight excluding hydrogens is 891 g/mol. The summed E-state index contributed by atoms with van der Waals surface area (Å²) < 4.78 is 33.9. The molecule has 1 saturated heterocycles. The average Bonchev–Trinajstić information content (AvgIpc) is 3.94. The van der Waals surface area contributed by atoms with E-state index in [1.807, 2.05) is 102 Å². The fourth-order valence-electron chi connectivity index (χ4n) is 7.51. The van der Waals surface area contributed by atoms with E-state index < -0.39 is 35.4 Å². The molecule has 1 aliphatic rings. The summed E-state index contributed by atoms with van der Waals surface area (Å²) in [5.41, 5.74) is 5.87. The van der Waals surface area contributed by atoms with Crippen molar-refractivity contribution in [2.24, 2.45) is 5.41 Å². The van der Waals surface area contributed by atoms with Crippen LogP contribution in [-0.4, -0.2) is 140 Å². The van der Waals surface area contributed by atoms with E-state index in [0.717, 1.165) is 49.5 Å². The fraction of sp³-hybridized carbons (Fsp3) is 0.480. The van der Waals surface area contributed by atoms with Gasteiger partial charge in [-0.2, -0.15) is 0 Å². The second-order valence-corrected chi connectivity index (χ2v) is 18.5. The van der Waals surface area contributed by atoms with Crippen molar-refractivity contribution in [1.29, 1.82) is 0 Å². The Morgan fingerprint density at radius 3 is 2.12 bits per heavy atom. The minimum Gasteiger partial charge on any atom is -0.491 e. The zero-order chi connectivity index (χ0) is 48.5. The fourth-order valence-corrected chi connectivity index (χ4v) is 8.32. The summed E-state index contributed by atoms with van der Waals surface area (Å²) in [5, 5.41) is 21.9. The lowest BCUT2D eigenvalue weighted by atomic mass is 9.85. The second-order valence-electron chi connectivity index (χ2n) is 17.6. The molecule has 0 radical (unpaired) electrons. The van der Waals surface area contributed by atoms with Gasteiger partial charge in [0.2, 0.25) is 17.7 Å². The molecule has 366 valence electrons. The second kappa shape index (κ2) is 25.7. The minimum absolute atomic E-state index is 0.0193. The van der Waals surface area contributed by atoms with Gasteiger partial charge in [0.15, 0.2) is 0 Å². The number of rotatable bonds is 26. The molecule has 0 spiro atoms. The molecule has 0 saturated carbocycles. The summed E-state index contributed by atoms with van der Waals surface area (Å²) in [6.45, 7) is 14.5. The van der Waals surface area contributed by atoms with E-state index in [1.54, 1.807) is 23.7 Å². The van der Waals surface area contributed by atoms with E-state index in [2.05, 4.69) is 37.0 Å². The van der Waals surface area contributed by atoms with Gasteiger partial charge in [-0.15, -0.1) is 11.3 Å². The van der Waals surface area contributed by atoms with E-state index in [-0.39, 0.29) is 44.7 Å². The van der Waals surface area contributed by atoms with Gasteiger partial charge in [0.05, 0.1) is 87.7 Å². The van der Waals surface area contributed by atoms with Crippen molar-refractivity contribution in [2.45, 2.75) is 72.2 Å². The van der Waals surface area contributed by atoms with Gasteiger partial charge in [-0.1, -0.05) is 51.1 Å². The lowest BCUT2D eigenvalue weighted by molar-refractivity contribution is -0.144. The number of pyridine rings is 2. The molecule has 0 bridgehead atoms. The number of aryl methyl sites for hydroxylation is 2. The van der Waals surface area contributed by atoms with E-state index in [0.29, 0.717) is 58.7 Å². The Kier molecular flexibility index (Phi) is 19.6. The lowest BCUT2D eigenvalue weighted by Gasteiger charge is -2.35. The first kappa shape index (κ1) is 51.8. The van der Waals surface area contributed by atoms with Gasteiger partial charge in [0, 0.05) is 54.3 Å². The number of nitrogens with one attached hydrogen (secondary N) is 3. The van der Waals surface area contributed by atoms with Crippen LogP contribution in [0.1, 0.15) is 57.0 Å². The molecule has 3 amide bonds. The van der Waals surface area contributed by atoms with Crippen molar-refractivity contribution >= 4 is 51.3 Å². The molecular formula is C50H65N7O10S. The summed E-state index contributed by atoms with van der Waals surface area (Å²) in [5.74, 6) is 0.117. The standard InChI is InChI=1S/C50H65N7O10S/c1-33-28-52-44(55-40-12-11-39-29-51-14-13-38(39)25-40)27-43(33)67-24-23-65-20-19-63-16-15-62-17-18-64-21-22-66-31-45(59)56-47(50(4,5)6)49(61)57-30-41(58)26-42(57)48(60)54-34(2)36-7-9-37(10-8-36)46-35(3)53-32-68-46/h7-14,25,27-29,32,34,41-42,47,58H,15-24,26,30-31H2,1-6H3,(H,52,55)(H,54,60)(H,56,59)/t34-,41+,42-,47+/m0/s1. The predicted molar refractivity (Wildman–Crippen MR) is 260 cm³/mol. The van der Waals surface area contributed by atoms with Crippen molar-refractivity contribution in [1.82, 2.24) is 30.5 Å². The number of hydrogen-bond acceptors (Lipinski definition) is 15. The summed E-state index contributed by atoms with van der Waals surface area (Å²) in [4.78, 5) is 56.0. The van der Waals surface area contributed by atoms with Crippen molar-refractivity contribution in [2.75, 3.05) is 84.5 Å². The van der Waals surface area contributed by atoms with Crippen molar-refractivity contribution in [3.8, 4) is 16.2 Å². The smallest absolute Gasteiger partial charge is 0.246 e. The Morgan fingerprint density at radius 2 is 1.47 bits per heavy atom. The number of hydrogen-bond donors (Lipinski definition) is 4. The normalized spacial score (nSPS) is 15.8. The molecule has 4 N–H and O–H groups in total. The predicted octanol–water partition coefficient (Wildman–Crippen LogP) is 5.95. The highest BCUT2D eigenvalue weighted by Crippen LogP contribution is 2.30. The van der Waals surface area contributed by atoms with Crippen LogP contribution in [0.5, 0.6) is 5.75 Å². The van der Waals surface area contributed by atoms with Crippen molar-refractivity contribution in [3.05, 3.63) is 95.5 Å². The molecule has 3 aromatic heterocycles. The van der Waals surface area contributed by atoms with Gasteiger partial charge in [-0.05, 0) is 60.9 Å². The quantitative estimate of drug-likeness (QED) is 0.0474. The molecule has 5 aromatic rings. The average molecular weight is 956 g/mol. The Labute approximate surface area is 402 Å². The van der Waals surface area contributed by atoms with Gasteiger partial charge < -0.3 is 54.4 Å². The van der Waals surface area contributed by atoms with Gasteiger partial charge in [0.25, 0.3) is 0 Å². The van der Waals surface area contributed by atoms with Crippen LogP contribution in [0, 0.1) is 19.3 Å². The van der Waals surface area contributed by atoms with Crippen LogP contribution in [-0.2, 0) is 38.1 Å². The topological polar surface area (TPSA) is 205 Å². The number of likely N-dealkylation sites (tertiary alicyclic amines) is 1. The minimum atomic E-state index is -0.967. The molecule has 68 heavy (non-hydrogen) atoms. The van der Waals surface area contributed by atoms with Gasteiger partial charge in [-0.25, -0.2) is 9.97 Å². The van der Waals surface area contributed by atoms with Crippen molar-refractivity contribution in [3.63, 3.8) is 0 Å². The zero-order valence-electron chi connectivity index (χ0n) is 39.8. The highest BCUT2D eigenvalue weighted by atomic mass is 32.1. The van der Waals surface area contributed by atoms with Gasteiger partial charge in [-0.3, -0.25) is 19.4 Å². The number of β-amino-alcohol motifs (C(OH)–C–C–N with tert-alkyl or cyclic N) is 1. The SMILES string of the molecule is Cc1cnc(Nc2ccc3cnccc3c2)cc1OCCOCCOCCOCCOCCOCC(=O)N[C@H](C(=O)N1C[C@H](O)C[C@H]1C(=O)N[C@@H](C)c1ccc(-c2scnc2C)cc1)C(C)(C)C. The van der Waals surface area contributed by atoms with Crippen LogP contribution in [0.2, 0.25) is 0 Å². The number of carbonyl (C=O) groups is 3. The zero-order valence-corrected chi connectivity index (χ0v) is 40.6. The first-order chi connectivity index (χ1) is 32.8. The maximum atomic E-state index is 14.0. The summed E-state index contributed by atoms with van der Waals surface area (Å²) >= 11 is 1.57.